The summed E-state index contributed by atoms with van der Waals surface area (Å²) >= 11 is 0. The maximum Gasteiger partial charge on any atom is 0.310 e. The monoisotopic (exact) mass is 344 g/mol. The summed E-state index contributed by atoms with van der Waals surface area (Å²) in [5.74, 6) is -1.38. The molecule has 1 aromatic carbocycles. The van der Waals surface area contributed by atoms with Crippen LogP contribution in [0.5, 0.6) is 0 Å². The summed E-state index contributed by atoms with van der Waals surface area (Å²) in [6.07, 6.45) is 2.68. The number of hydrogen-bond acceptors (Lipinski definition) is 5. The molecule has 0 aliphatic carbocycles. The third-order valence-electron chi connectivity index (χ3n) is 4.22. The van der Waals surface area contributed by atoms with E-state index in [4.69, 9.17) is 4.74 Å². The minimum atomic E-state index is -1.07. The van der Waals surface area contributed by atoms with Gasteiger partial charge in [0.1, 0.15) is 5.78 Å². The van der Waals surface area contributed by atoms with Gasteiger partial charge in [0.2, 0.25) is 0 Å². The fraction of sp³-hybridized carbons (Fsp3) is 0.450. The molecule has 0 unspecified atom stereocenters. The molecule has 0 saturated carbocycles. The fourth-order valence-electron chi connectivity index (χ4n) is 2.86. The lowest BCUT2D eigenvalue weighted by atomic mass is 9.93. The summed E-state index contributed by atoms with van der Waals surface area (Å²) in [6.45, 7) is 3.12. The summed E-state index contributed by atoms with van der Waals surface area (Å²) in [4.78, 5) is 36.1. The number of esters is 1. The number of ether oxygens (including phenoxy) is 1. The van der Waals surface area contributed by atoms with Gasteiger partial charge in [-0.1, -0.05) is 43.3 Å². The van der Waals surface area contributed by atoms with Crippen LogP contribution >= 0.6 is 0 Å². The van der Waals surface area contributed by atoms with Crippen molar-refractivity contribution in [2.45, 2.75) is 51.7 Å². The van der Waals surface area contributed by atoms with Crippen molar-refractivity contribution >= 4 is 17.5 Å². The molecule has 0 radical (unpaired) electrons. The Bertz CT molecular complexity index is 676. The normalized spacial score (nSPS) is 23.1. The van der Waals surface area contributed by atoms with E-state index in [1.165, 1.54) is 6.92 Å². The van der Waals surface area contributed by atoms with Crippen LogP contribution in [0.25, 0.3) is 0 Å². The average Bonchev–Trinajstić information content (AvgIpc) is 2.55. The van der Waals surface area contributed by atoms with Gasteiger partial charge in [-0.15, -0.1) is 0 Å². The number of carbonyl (C=O) groups excluding carboxylic acids is 3. The van der Waals surface area contributed by atoms with E-state index in [2.05, 4.69) is 0 Å². The fourth-order valence-corrected chi connectivity index (χ4v) is 2.86. The van der Waals surface area contributed by atoms with Gasteiger partial charge < -0.3 is 9.84 Å². The number of Topliss-reactive ketones (excluding diaryl/α,β-unsaturated/α-hetero) is 2. The minimum Gasteiger partial charge on any atom is -0.449 e. The maximum absolute atomic E-state index is 12.7. The standard InChI is InChI=1S/C20H24O5/c1-13-7-3-4-8-15-9-5-6-10-17(15)19(25-20(13)24)18(23)12-16(22)11-14(2)21/h3-6,9-10,13,16,19,22H,7-8,11-12H2,1-2H3/b4-3-/t13-,16-,19-/m1/s1. The molecular weight excluding hydrogens is 320 g/mol. The first kappa shape index (κ1) is 19.1. The van der Waals surface area contributed by atoms with Crippen LogP contribution in [-0.2, 0) is 25.5 Å². The van der Waals surface area contributed by atoms with Gasteiger partial charge in [-0.05, 0) is 25.3 Å². The number of hydrogen-bond donors (Lipinski definition) is 1. The van der Waals surface area contributed by atoms with Crippen LogP contribution in [0.4, 0.5) is 0 Å². The van der Waals surface area contributed by atoms with Crippen LogP contribution in [0, 0.1) is 5.92 Å². The number of ketones is 2. The van der Waals surface area contributed by atoms with Crippen LogP contribution in [0.3, 0.4) is 0 Å². The van der Waals surface area contributed by atoms with E-state index >= 15 is 0 Å². The second kappa shape index (κ2) is 8.72. The second-order valence-electron chi connectivity index (χ2n) is 6.56. The number of fused-ring (bicyclic) bond motifs is 1. The topological polar surface area (TPSA) is 80.7 Å². The Balaban J connectivity index is 2.31. The van der Waals surface area contributed by atoms with Gasteiger partial charge in [0.15, 0.2) is 11.9 Å². The molecule has 1 aromatic rings. The molecule has 0 aromatic heterocycles. The highest BCUT2D eigenvalue weighted by Gasteiger charge is 2.30. The Labute approximate surface area is 147 Å². The van der Waals surface area contributed by atoms with Crippen molar-refractivity contribution in [3.8, 4) is 0 Å². The van der Waals surface area contributed by atoms with Crippen molar-refractivity contribution in [1.82, 2.24) is 0 Å². The highest BCUT2D eigenvalue weighted by molar-refractivity contribution is 5.88. The van der Waals surface area contributed by atoms with Gasteiger partial charge in [-0.25, -0.2) is 0 Å². The summed E-state index contributed by atoms with van der Waals surface area (Å²) in [6, 6.07) is 7.32. The van der Waals surface area contributed by atoms with Crippen molar-refractivity contribution in [3.05, 3.63) is 47.5 Å². The zero-order valence-corrected chi connectivity index (χ0v) is 14.6. The summed E-state index contributed by atoms with van der Waals surface area (Å²) in [7, 11) is 0. The predicted octanol–water partition coefficient (Wildman–Crippen LogP) is 2.71. The lowest BCUT2D eigenvalue weighted by Gasteiger charge is -2.23. The van der Waals surface area contributed by atoms with Crippen molar-refractivity contribution in [3.63, 3.8) is 0 Å². The zero-order chi connectivity index (χ0) is 18.4. The van der Waals surface area contributed by atoms with E-state index in [0.717, 1.165) is 5.56 Å². The number of cyclic esters (lactones) is 1. The zero-order valence-electron chi connectivity index (χ0n) is 14.6. The molecule has 1 aliphatic rings. The SMILES string of the molecule is CC(=O)C[C@@H](O)CC(=O)[C@@H]1OC(=O)[C@H](C)C/C=C\Cc2ccccc21. The number of rotatable bonds is 5. The van der Waals surface area contributed by atoms with E-state index in [1.54, 1.807) is 19.1 Å². The van der Waals surface area contributed by atoms with Crippen LogP contribution in [-0.4, -0.2) is 28.7 Å². The van der Waals surface area contributed by atoms with Gasteiger partial charge >= 0.3 is 5.97 Å². The maximum atomic E-state index is 12.7. The number of aliphatic hydroxyl groups excluding tert-OH is 1. The summed E-state index contributed by atoms with van der Waals surface area (Å²) in [5, 5.41) is 9.92. The molecule has 134 valence electrons. The predicted molar refractivity (Wildman–Crippen MR) is 92.8 cm³/mol. The van der Waals surface area contributed by atoms with Gasteiger partial charge in [0.05, 0.1) is 12.0 Å². The van der Waals surface area contributed by atoms with Crippen LogP contribution in [0.15, 0.2) is 36.4 Å². The highest BCUT2D eigenvalue weighted by Crippen LogP contribution is 2.28. The van der Waals surface area contributed by atoms with Crippen LogP contribution < -0.4 is 0 Å². The van der Waals surface area contributed by atoms with Crippen LogP contribution in [0.1, 0.15) is 50.3 Å². The van der Waals surface area contributed by atoms with E-state index in [0.29, 0.717) is 18.4 Å². The first-order chi connectivity index (χ1) is 11.9. The highest BCUT2D eigenvalue weighted by atomic mass is 16.5. The largest absolute Gasteiger partial charge is 0.449 e. The molecule has 0 spiro atoms. The lowest BCUT2D eigenvalue weighted by Crippen LogP contribution is -2.27. The number of carbonyl (C=O) groups is 3. The van der Waals surface area contributed by atoms with Crippen molar-refractivity contribution in [2.75, 3.05) is 0 Å². The van der Waals surface area contributed by atoms with E-state index in [1.807, 2.05) is 24.3 Å². The van der Waals surface area contributed by atoms with Crippen molar-refractivity contribution in [1.29, 1.82) is 0 Å². The quantitative estimate of drug-likeness (QED) is 0.656. The Morgan fingerprint density at radius 3 is 2.68 bits per heavy atom. The third-order valence-corrected chi connectivity index (χ3v) is 4.22. The van der Waals surface area contributed by atoms with Crippen LogP contribution in [0.2, 0.25) is 0 Å². The molecule has 3 atom stereocenters. The van der Waals surface area contributed by atoms with E-state index < -0.39 is 24.0 Å². The number of benzene rings is 1. The molecule has 5 nitrogen and oxygen atoms in total. The third kappa shape index (κ3) is 5.36. The average molecular weight is 344 g/mol. The molecule has 0 saturated heterocycles. The van der Waals surface area contributed by atoms with Gasteiger partial charge in [-0.2, -0.15) is 0 Å². The Kier molecular flexibility index (Phi) is 6.65. The van der Waals surface area contributed by atoms with E-state index in [9.17, 15) is 19.5 Å². The first-order valence-corrected chi connectivity index (χ1v) is 8.52. The Morgan fingerprint density at radius 1 is 1.24 bits per heavy atom. The molecule has 0 fully saturated rings. The van der Waals surface area contributed by atoms with Gasteiger partial charge in [0.25, 0.3) is 0 Å². The summed E-state index contributed by atoms with van der Waals surface area (Å²) < 4.78 is 5.51. The number of allylic oxidation sites excluding steroid dienone is 2. The van der Waals surface area contributed by atoms with Gasteiger partial charge in [-0.3, -0.25) is 14.4 Å². The minimum absolute atomic E-state index is 0.0901. The molecule has 2 rings (SSSR count). The Hall–Kier alpha value is -2.27. The summed E-state index contributed by atoms with van der Waals surface area (Å²) in [5.41, 5.74) is 1.54. The van der Waals surface area contributed by atoms with E-state index in [-0.39, 0.29) is 24.5 Å². The van der Waals surface area contributed by atoms with Gasteiger partial charge in [0, 0.05) is 18.4 Å². The molecule has 1 heterocycles. The Morgan fingerprint density at radius 2 is 1.96 bits per heavy atom. The first-order valence-electron chi connectivity index (χ1n) is 8.52. The molecule has 0 bridgehead atoms. The molecular formula is C20H24O5. The molecule has 25 heavy (non-hydrogen) atoms. The second-order valence-corrected chi connectivity index (χ2v) is 6.56. The smallest absolute Gasteiger partial charge is 0.310 e. The molecule has 1 aliphatic heterocycles. The molecule has 1 N–H and O–H groups in total. The number of aliphatic hydroxyl groups is 1. The lowest BCUT2D eigenvalue weighted by molar-refractivity contribution is -0.160. The molecule has 0 amide bonds. The molecule has 5 heteroatoms. The van der Waals surface area contributed by atoms with Crippen molar-refractivity contribution in [2.24, 2.45) is 5.92 Å². The van der Waals surface area contributed by atoms with Crippen molar-refractivity contribution < 1.29 is 24.2 Å².